The first-order chi connectivity index (χ1) is 11.8. The van der Waals surface area contributed by atoms with Gasteiger partial charge in [0.25, 0.3) is 5.91 Å². The Balaban J connectivity index is 0.00000243. The van der Waals surface area contributed by atoms with Gasteiger partial charge in [-0.2, -0.15) is 5.10 Å². The average Bonchev–Trinajstić information content (AvgIpc) is 2.53. The van der Waals surface area contributed by atoms with Gasteiger partial charge in [-0.15, -0.1) is 12.4 Å². The first-order valence-corrected chi connectivity index (χ1v) is 8.36. The van der Waals surface area contributed by atoms with Crippen molar-refractivity contribution in [3.8, 4) is 0 Å². The highest BCUT2D eigenvalue weighted by Crippen LogP contribution is 2.41. The molecule has 1 aromatic rings. The third kappa shape index (κ3) is 3.97. The molecule has 6 nitrogen and oxygen atoms in total. The maximum atomic E-state index is 12.9. The van der Waals surface area contributed by atoms with Crippen LogP contribution in [0.25, 0.3) is 5.76 Å². The van der Waals surface area contributed by atoms with E-state index in [-0.39, 0.29) is 42.0 Å². The second-order valence-corrected chi connectivity index (χ2v) is 7.28. The molecule has 7 heteroatoms. The molecule has 0 atom stereocenters. The van der Waals surface area contributed by atoms with Crippen molar-refractivity contribution in [2.24, 2.45) is 5.10 Å². The molecule has 140 valence electrons. The first kappa shape index (κ1) is 20.1. The van der Waals surface area contributed by atoms with Gasteiger partial charge in [0, 0.05) is 16.7 Å². The second kappa shape index (κ2) is 7.60. The van der Waals surface area contributed by atoms with E-state index < -0.39 is 0 Å². The van der Waals surface area contributed by atoms with E-state index in [0.717, 1.165) is 12.0 Å². The Morgan fingerprint density at radius 2 is 1.92 bits per heavy atom. The molecule has 0 saturated carbocycles. The number of carbonyl (C=O) groups is 2. The molecule has 1 amide bonds. The highest BCUT2D eigenvalue weighted by molar-refractivity contribution is 6.54. The fourth-order valence-corrected chi connectivity index (χ4v) is 3.07. The molecule has 0 bridgehead atoms. The number of nitrogens with one attached hydrogen (secondary N) is 1. The van der Waals surface area contributed by atoms with E-state index in [1.54, 1.807) is 19.0 Å². The van der Waals surface area contributed by atoms with Gasteiger partial charge >= 0.3 is 0 Å². The molecule has 1 N–H and O–H groups in total. The van der Waals surface area contributed by atoms with E-state index >= 15 is 0 Å². The predicted octanol–water partition coefficient (Wildman–Crippen LogP) is 2.37. The van der Waals surface area contributed by atoms with Crippen molar-refractivity contribution in [2.75, 3.05) is 20.6 Å². The summed E-state index contributed by atoms with van der Waals surface area (Å²) in [5, 5.41) is 4.14. The zero-order chi connectivity index (χ0) is 18.2. The third-order valence-corrected chi connectivity index (χ3v) is 4.30. The molecule has 1 heterocycles. The van der Waals surface area contributed by atoms with Crippen molar-refractivity contribution < 1.29 is 14.3 Å². The maximum absolute atomic E-state index is 12.9. The van der Waals surface area contributed by atoms with Gasteiger partial charge in [-0.3, -0.25) is 9.59 Å². The van der Waals surface area contributed by atoms with Crippen LogP contribution in [0.4, 0.5) is 0 Å². The Labute approximate surface area is 159 Å². The minimum absolute atomic E-state index is 0. The molecule has 1 aromatic carbocycles. The van der Waals surface area contributed by atoms with Crippen molar-refractivity contribution in [2.45, 2.75) is 32.3 Å². The van der Waals surface area contributed by atoms with Crippen LogP contribution in [0, 0.1) is 0 Å². The van der Waals surface area contributed by atoms with E-state index in [1.165, 1.54) is 0 Å². The number of amides is 1. The van der Waals surface area contributed by atoms with Crippen LogP contribution < -0.4 is 5.43 Å². The van der Waals surface area contributed by atoms with E-state index in [4.69, 9.17) is 4.74 Å². The summed E-state index contributed by atoms with van der Waals surface area (Å²) in [4.78, 5) is 26.6. The highest BCUT2D eigenvalue weighted by atomic mass is 35.5. The summed E-state index contributed by atoms with van der Waals surface area (Å²) in [5.74, 6) is 0.216. The minimum Gasteiger partial charge on any atom is -0.487 e. The summed E-state index contributed by atoms with van der Waals surface area (Å²) in [7, 11) is 3.60. The maximum Gasteiger partial charge on any atom is 0.254 e. The number of hydrogen-bond acceptors (Lipinski definition) is 5. The van der Waals surface area contributed by atoms with Crippen LogP contribution in [0.3, 0.4) is 0 Å². The number of hydrazone groups is 1. The Kier molecular flexibility index (Phi) is 5.88. The van der Waals surface area contributed by atoms with Gasteiger partial charge in [-0.1, -0.05) is 24.3 Å². The van der Waals surface area contributed by atoms with Gasteiger partial charge in [0.05, 0.1) is 6.54 Å². The van der Waals surface area contributed by atoms with E-state index in [9.17, 15) is 9.59 Å². The monoisotopic (exact) mass is 377 g/mol. The van der Waals surface area contributed by atoms with Crippen LogP contribution in [-0.4, -0.2) is 48.5 Å². The number of fused-ring (bicyclic) bond motifs is 2. The van der Waals surface area contributed by atoms with Crippen LogP contribution in [0.2, 0.25) is 0 Å². The molecule has 2 aliphatic rings. The van der Waals surface area contributed by atoms with Crippen molar-refractivity contribution in [1.29, 1.82) is 0 Å². The van der Waals surface area contributed by atoms with Crippen LogP contribution in [-0.2, 0) is 14.3 Å². The summed E-state index contributed by atoms with van der Waals surface area (Å²) < 4.78 is 6.11. The molecule has 0 unspecified atom stereocenters. The predicted molar refractivity (Wildman–Crippen MR) is 103 cm³/mol. The van der Waals surface area contributed by atoms with Crippen LogP contribution in [0.5, 0.6) is 0 Å². The lowest BCUT2D eigenvalue weighted by atomic mass is 9.82. The molecular formula is C19H24ClN3O3. The number of allylic oxidation sites excluding steroid dienone is 1. The summed E-state index contributed by atoms with van der Waals surface area (Å²) in [6.07, 6.45) is 1.40. The van der Waals surface area contributed by atoms with Crippen molar-refractivity contribution in [3.05, 3.63) is 41.0 Å². The number of nitrogens with zero attached hydrogens (tertiary/aromatic N) is 2. The van der Waals surface area contributed by atoms with Crippen LogP contribution >= 0.6 is 12.4 Å². The van der Waals surface area contributed by atoms with Crippen molar-refractivity contribution in [1.82, 2.24) is 10.3 Å². The lowest BCUT2D eigenvalue weighted by Crippen LogP contribution is -2.37. The van der Waals surface area contributed by atoms with Crippen molar-refractivity contribution >= 4 is 35.6 Å². The summed E-state index contributed by atoms with van der Waals surface area (Å²) in [5.41, 5.74) is 4.63. The number of Topliss-reactive ketones (excluding diaryl/α,β-unsaturated/α-hetero) is 1. The SMILES string of the molecule is CN(C)CC(=O)NN=C1C(=O)C2=C(OC(C)(C)CC2)c2ccccc21.Cl. The molecule has 1 aliphatic carbocycles. The molecular weight excluding hydrogens is 354 g/mol. The molecule has 26 heavy (non-hydrogen) atoms. The number of ketones is 1. The topological polar surface area (TPSA) is 71.0 Å². The Bertz CT molecular complexity index is 797. The van der Waals surface area contributed by atoms with Gasteiger partial charge in [-0.05, 0) is 40.8 Å². The number of likely N-dealkylation sites (N-methyl/N-ethyl adjacent to an activating group) is 1. The standard InChI is InChI=1S/C19H23N3O3.ClH/c1-19(2)10-9-14-17(24)16(21-20-15(23)11-22(3)4)12-7-5-6-8-13(12)18(14)25-19;/h5-8H,9-11H2,1-4H3,(H,20,23);1H. The molecule has 0 radical (unpaired) electrons. The van der Waals surface area contributed by atoms with Gasteiger partial charge < -0.3 is 9.64 Å². The van der Waals surface area contributed by atoms with E-state index in [1.807, 2.05) is 38.1 Å². The number of halogens is 1. The van der Waals surface area contributed by atoms with Gasteiger partial charge in [-0.25, -0.2) is 5.43 Å². The van der Waals surface area contributed by atoms with Gasteiger partial charge in [0.1, 0.15) is 17.1 Å². The van der Waals surface area contributed by atoms with Crippen LogP contribution in [0.15, 0.2) is 34.9 Å². The smallest absolute Gasteiger partial charge is 0.254 e. The lowest BCUT2D eigenvalue weighted by Gasteiger charge is -2.36. The highest BCUT2D eigenvalue weighted by Gasteiger charge is 2.38. The second-order valence-electron chi connectivity index (χ2n) is 7.28. The Hall–Kier alpha value is -2.18. The Morgan fingerprint density at radius 3 is 2.58 bits per heavy atom. The molecule has 3 rings (SSSR count). The van der Waals surface area contributed by atoms with Gasteiger partial charge in [0.15, 0.2) is 0 Å². The molecule has 0 aromatic heterocycles. The van der Waals surface area contributed by atoms with Crippen molar-refractivity contribution in [3.63, 3.8) is 0 Å². The molecule has 1 aliphatic heterocycles. The van der Waals surface area contributed by atoms with Crippen LogP contribution in [0.1, 0.15) is 37.8 Å². The zero-order valence-corrected chi connectivity index (χ0v) is 16.3. The number of rotatable bonds is 3. The lowest BCUT2D eigenvalue weighted by molar-refractivity contribution is -0.121. The van der Waals surface area contributed by atoms with E-state index in [2.05, 4.69) is 10.5 Å². The minimum atomic E-state index is -0.305. The third-order valence-electron chi connectivity index (χ3n) is 4.30. The average molecular weight is 378 g/mol. The Morgan fingerprint density at radius 1 is 1.27 bits per heavy atom. The fourth-order valence-electron chi connectivity index (χ4n) is 3.07. The molecule has 0 spiro atoms. The van der Waals surface area contributed by atoms with E-state index in [0.29, 0.717) is 23.3 Å². The summed E-state index contributed by atoms with van der Waals surface area (Å²) >= 11 is 0. The number of carbonyl (C=O) groups excluding carboxylic acids is 2. The number of benzene rings is 1. The molecule has 0 fully saturated rings. The molecule has 0 saturated heterocycles. The number of ether oxygens (including phenoxy) is 1. The summed E-state index contributed by atoms with van der Waals surface area (Å²) in [6.45, 7) is 4.25. The quantitative estimate of drug-likeness (QED) is 0.821. The number of hydrogen-bond donors (Lipinski definition) is 1. The fraction of sp³-hybridized carbons (Fsp3) is 0.421. The normalized spacial score (nSPS) is 19.4. The first-order valence-electron chi connectivity index (χ1n) is 8.36. The van der Waals surface area contributed by atoms with Gasteiger partial charge in [0.2, 0.25) is 5.78 Å². The zero-order valence-electron chi connectivity index (χ0n) is 15.5. The largest absolute Gasteiger partial charge is 0.487 e. The summed E-state index contributed by atoms with van der Waals surface area (Å²) in [6, 6.07) is 7.52.